The molecule has 0 radical (unpaired) electrons. The number of hydrogen-bond acceptors (Lipinski definition) is 3. The zero-order chi connectivity index (χ0) is 16.2. The Kier molecular flexibility index (Phi) is 4.05. The number of benzene rings is 2. The van der Waals surface area contributed by atoms with Crippen molar-refractivity contribution in [2.75, 3.05) is 12.0 Å². The lowest BCUT2D eigenvalue weighted by Crippen LogP contribution is -2.25. The molecule has 0 saturated carbocycles. The summed E-state index contributed by atoms with van der Waals surface area (Å²) in [6.07, 6.45) is 4.13. The lowest BCUT2D eigenvalue weighted by Gasteiger charge is -2.22. The van der Waals surface area contributed by atoms with Gasteiger partial charge in [0, 0.05) is 18.5 Å². The van der Waals surface area contributed by atoms with Crippen LogP contribution in [0.5, 0.6) is 0 Å². The first-order valence-corrected chi connectivity index (χ1v) is 6.91. The largest absolute Gasteiger partial charge is 0.452 e. The van der Waals surface area contributed by atoms with E-state index < -0.39 is 11.9 Å². The van der Waals surface area contributed by atoms with E-state index in [9.17, 15) is 9.18 Å². The van der Waals surface area contributed by atoms with Gasteiger partial charge in [-0.15, -0.1) is 0 Å². The Hall–Kier alpha value is -3.15. The summed E-state index contributed by atoms with van der Waals surface area (Å²) in [5.74, 6) is -0.467. The van der Waals surface area contributed by atoms with Crippen molar-refractivity contribution in [2.45, 2.75) is 0 Å². The van der Waals surface area contributed by atoms with Gasteiger partial charge >= 0.3 is 6.09 Å². The number of aromatic nitrogens is 2. The molecule has 0 N–H and O–H groups in total. The highest BCUT2D eigenvalue weighted by atomic mass is 19.1. The minimum absolute atomic E-state index is 0.351. The number of para-hydroxylation sites is 1. The van der Waals surface area contributed by atoms with Gasteiger partial charge in [-0.3, -0.25) is 0 Å². The van der Waals surface area contributed by atoms with Crippen LogP contribution in [0.3, 0.4) is 0 Å². The maximum Gasteiger partial charge on any atom is 0.418 e. The standard InChI is InChI=1S/C17H14FN3O2/c1-23-17(22)21(13-5-3-2-4-6-13)14-7-8-16(15(18)11-14)20-10-9-19-12-20/h2-12H,1H3. The third kappa shape index (κ3) is 2.91. The van der Waals surface area contributed by atoms with Crippen molar-refractivity contribution in [3.05, 3.63) is 73.1 Å². The summed E-state index contributed by atoms with van der Waals surface area (Å²) in [5, 5.41) is 0. The fourth-order valence-electron chi connectivity index (χ4n) is 2.27. The molecular formula is C17H14FN3O2. The number of carbonyl (C=O) groups is 1. The van der Waals surface area contributed by atoms with Crippen LogP contribution in [-0.4, -0.2) is 22.8 Å². The Morgan fingerprint density at radius 1 is 1.17 bits per heavy atom. The van der Waals surface area contributed by atoms with E-state index in [1.807, 2.05) is 6.07 Å². The molecule has 23 heavy (non-hydrogen) atoms. The average molecular weight is 311 g/mol. The SMILES string of the molecule is COC(=O)N(c1ccccc1)c1ccc(-n2ccnc2)c(F)c1. The van der Waals surface area contributed by atoms with Gasteiger partial charge in [-0.05, 0) is 24.3 Å². The van der Waals surface area contributed by atoms with Gasteiger partial charge in [0.1, 0.15) is 5.82 Å². The van der Waals surface area contributed by atoms with Crippen molar-refractivity contribution in [3.63, 3.8) is 0 Å². The van der Waals surface area contributed by atoms with Gasteiger partial charge in [0.15, 0.2) is 0 Å². The molecule has 1 aromatic heterocycles. The number of amides is 1. The molecule has 3 aromatic rings. The highest BCUT2D eigenvalue weighted by Crippen LogP contribution is 2.28. The lowest BCUT2D eigenvalue weighted by atomic mass is 10.2. The van der Waals surface area contributed by atoms with Gasteiger partial charge < -0.3 is 9.30 Å². The third-order valence-electron chi connectivity index (χ3n) is 3.34. The number of methoxy groups -OCH3 is 1. The molecule has 2 aromatic carbocycles. The zero-order valence-corrected chi connectivity index (χ0v) is 12.4. The van der Waals surface area contributed by atoms with Gasteiger partial charge in [-0.25, -0.2) is 19.1 Å². The van der Waals surface area contributed by atoms with Crippen LogP contribution in [-0.2, 0) is 4.74 Å². The highest BCUT2D eigenvalue weighted by molar-refractivity contribution is 5.96. The molecule has 1 amide bonds. The van der Waals surface area contributed by atoms with Crippen LogP contribution in [0.2, 0.25) is 0 Å². The Morgan fingerprint density at radius 3 is 2.57 bits per heavy atom. The van der Waals surface area contributed by atoms with Crippen LogP contribution in [0.25, 0.3) is 5.69 Å². The van der Waals surface area contributed by atoms with Crippen molar-refractivity contribution in [2.24, 2.45) is 0 Å². The summed E-state index contributed by atoms with van der Waals surface area (Å²) in [7, 11) is 1.29. The molecular weight excluding hydrogens is 297 g/mol. The van der Waals surface area contributed by atoms with Gasteiger partial charge in [0.25, 0.3) is 0 Å². The van der Waals surface area contributed by atoms with E-state index >= 15 is 0 Å². The van der Waals surface area contributed by atoms with E-state index in [0.717, 1.165) is 0 Å². The van der Waals surface area contributed by atoms with Crippen molar-refractivity contribution >= 4 is 17.5 Å². The minimum Gasteiger partial charge on any atom is -0.452 e. The summed E-state index contributed by atoms with van der Waals surface area (Å²) < 4.78 is 20.8. The number of ether oxygens (including phenoxy) is 1. The van der Waals surface area contributed by atoms with Gasteiger partial charge in [0.2, 0.25) is 0 Å². The normalized spacial score (nSPS) is 10.3. The van der Waals surface area contributed by atoms with Gasteiger partial charge in [-0.1, -0.05) is 18.2 Å². The molecule has 0 fully saturated rings. The molecule has 116 valence electrons. The van der Waals surface area contributed by atoms with Crippen molar-refractivity contribution in [1.82, 2.24) is 9.55 Å². The number of hydrogen-bond donors (Lipinski definition) is 0. The number of imidazole rings is 1. The van der Waals surface area contributed by atoms with Crippen molar-refractivity contribution < 1.29 is 13.9 Å². The van der Waals surface area contributed by atoms with E-state index in [2.05, 4.69) is 4.98 Å². The third-order valence-corrected chi connectivity index (χ3v) is 3.34. The van der Waals surface area contributed by atoms with Crippen LogP contribution < -0.4 is 4.90 Å². The maximum absolute atomic E-state index is 14.4. The molecule has 0 saturated heterocycles. The Labute approximate surface area is 132 Å². The average Bonchev–Trinajstić information content (AvgIpc) is 3.10. The molecule has 0 atom stereocenters. The lowest BCUT2D eigenvalue weighted by molar-refractivity contribution is 0.181. The van der Waals surface area contributed by atoms with Crippen LogP contribution in [0, 0.1) is 5.82 Å². The van der Waals surface area contributed by atoms with Crippen LogP contribution in [0.1, 0.15) is 0 Å². The van der Waals surface area contributed by atoms with Crippen LogP contribution in [0.4, 0.5) is 20.6 Å². The van der Waals surface area contributed by atoms with Gasteiger partial charge in [-0.2, -0.15) is 0 Å². The Balaban J connectivity index is 2.04. The first-order valence-electron chi connectivity index (χ1n) is 6.91. The fraction of sp³-hybridized carbons (Fsp3) is 0.0588. The molecule has 0 aliphatic carbocycles. The topological polar surface area (TPSA) is 47.4 Å². The molecule has 5 nitrogen and oxygen atoms in total. The number of rotatable bonds is 3. The van der Waals surface area contributed by atoms with E-state index in [1.165, 1.54) is 24.4 Å². The summed E-state index contributed by atoms with van der Waals surface area (Å²) in [4.78, 5) is 17.3. The second-order valence-electron chi connectivity index (χ2n) is 4.75. The van der Waals surface area contributed by atoms with Crippen molar-refractivity contribution in [1.29, 1.82) is 0 Å². The summed E-state index contributed by atoms with van der Waals surface area (Å²) in [6.45, 7) is 0. The molecule has 0 aliphatic rings. The molecule has 0 aliphatic heterocycles. The molecule has 3 rings (SSSR count). The smallest absolute Gasteiger partial charge is 0.418 e. The molecule has 6 heteroatoms. The number of halogens is 1. The zero-order valence-electron chi connectivity index (χ0n) is 12.4. The van der Waals surface area contributed by atoms with Gasteiger partial charge in [0.05, 0.1) is 30.5 Å². The maximum atomic E-state index is 14.4. The molecule has 0 bridgehead atoms. The quantitative estimate of drug-likeness (QED) is 0.736. The van der Waals surface area contributed by atoms with E-state index in [1.54, 1.807) is 53.4 Å². The van der Waals surface area contributed by atoms with E-state index in [-0.39, 0.29) is 0 Å². The first-order chi connectivity index (χ1) is 11.2. The van der Waals surface area contributed by atoms with Crippen LogP contribution in [0.15, 0.2) is 67.3 Å². The molecule has 0 unspecified atom stereocenters. The second kappa shape index (κ2) is 6.31. The summed E-state index contributed by atoms with van der Waals surface area (Å²) in [6, 6.07) is 13.5. The van der Waals surface area contributed by atoms with Crippen LogP contribution >= 0.6 is 0 Å². The monoisotopic (exact) mass is 311 g/mol. The number of anilines is 2. The Morgan fingerprint density at radius 2 is 1.96 bits per heavy atom. The van der Waals surface area contributed by atoms with Crippen molar-refractivity contribution in [3.8, 4) is 5.69 Å². The van der Waals surface area contributed by atoms with E-state index in [0.29, 0.717) is 17.1 Å². The fourth-order valence-corrected chi connectivity index (χ4v) is 2.27. The summed E-state index contributed by atoms with van der Waals surface area (Å²) >= 11 is 0. The Bertz CT molecular complexity index is 804. The summed E-state index contributed by atoms with van der Waals surface area (Å²) in [5.41, 5.74) is 1.32. The second-order valence-corrected chi connectivity index (χ2v) is 4.75. The molecule has 0 spiro atoms. The highest BCUT2D eigenvalue weighted by Gasteiger charge is 2.20. The first kappa shape index (κ1) is 14.8. The predicted molar refractivity (Wildman–Crippen MR) is 84.5 cm³/mol. The minimum atomic E-state index is -0.592. The predicted octanol–water partition coefficient (Wildman–Crippen LogP) is 3.92. The number of carbonyl (C=O) groups excluding carboxylic acids is 1. The number of nitrogens with zero attached hydrogens (tertiary/aromatic N) is 3. The van der Waals surface area contributed by atoms with E-state index in [4.69, 9.17) is 4.74 Å². The molecule has 1 heterocycles.